The molecule has 0 aromatic heterocycles. The maximum atomic E-state index is 8.68. The normalized spacial score (nSPS) is 16.0. The molecular formula is C10H23NO. The van der Waals surface area contributed by atoms with Crippen LogP contribution in [0.3, 0.4) is 0 Å². The van der Waals surface area contributed by atoms with E-state index in [2.05, 4.69) is 26.1 Å². The Labute approximate surface area is 76.4 Å². The van der Waals surface area contributed by atoms with Crippen molar-refractivity contribution in [1.29, 1.82) is 0 Å². The molecule has 2 unspecified atom stereocenters. The van der Waals surface area contributed by atoms with Crippen molar-refractivity contribution in [1.82, 2.24) is 5.32 Å². The second kappa shape index (κ2) is 7.56. The Kier molecular flexibility index (Phi) is 7.51. The van der Waals surface area contributed by atoms with Gasteiger partial charge in [-0.2, -0.15) is 0 Å². The van der Waals surface area contributed by atoms with Crippen molar-refractivity contribution in [3.8, 4) is 0 Å². The van der Waals surface area contributed by atoms with Crippen molar-refractivity contribution in [2.75, 3.05) is 13.2 Å². The van der Waals surface area contributed by atoms with Gasteiger partial charge in [-0.05, 0) is 32.2 Å². The van der Waals surface area contributed by atoms with Crippen LogP contribution in [0.2, 0.25) is 0 Å². The molecular weight excluding hydrogens is 150 g/mol. The fraction of sp³-hybridized carbons (Fsp3) is 1.00. The van der Waals surface area contributed by atoms with E-state index in [-0.39, 0.29) is 0 Å². The highest BCUT2D eigenvalue weighted by molar-refractivity contribution is 4.62. The van der Waals surface area contributed by atoms with E-state index in [0.717, 1.165) is 13.0 Å². The first-order chi connectivity index (χ1) is 5.70. The Morgan fingerprint density at radius 3 is 2.42 bits per heavy atom. The van der Waals surface area contributed by atoms with Crippen LogP contribution >= 0.6 is 0 Å². The molecule has 0 rings (SSSR count). The maximum absolute atomic E-state index is 8.68. The first-order valence-corrected chi connectivity index (χ1v) is 5.05. The van der Waals surface area contributed by atoms with E-state index in [9.17, 15) is 0 Å². The zero-order valence-corrected chi connectivity index (χ0v) is 8.64. The summed E-state index contributed by atoms with van der Waals surface area (Å²) in [5.74, 6) is 0.592. The number of hydrogen-bond donors (Lipinski definition) is 2. The lowest BCUT2D eigenvalue weighted by atomic mass is 10.1. The fourth-order valence-electron chi connectivity index (χ4n) is 1.26. The van der Waals surface area contributed by atoms with Gasteiger partial charge in [-0.1, -0.05) is 20.3 Å². The molecule has 0 spiro atoms. The lowest BCUT2D eigenvalue weighted by Crippen LogP contribution is -2.30. The van der Waals surface area contributed by atoms with Gasteiger partial charge in [0.25, 0.3) is 0 Å². The topological polar surface area (TPSA) is 32.3 Å². The van der Waals surface area contributed by atoms with Crippen LogP contribution < -0.4 is 5.32 Å². The Hall–Kier alpha value is -0.0800. The lowest BCUT2D eigenvalue weighted by molar-refractivity contribution is 0.257. The molecule has 0 aliphatic heterocycles. The van der Waals surface area contributed by atoms with Crippen LogP contribution in [0.15, 0.2) is 0 Å². The summed E-state index contributed by atoms with van der Waals surface area (Å²) in [4.78, 5) is 0. The maximum Gasteiger partial charge on any atom is 0.0434 e. The molecule has 0 bridgehead atoms. The molecule has 2 nitrogen and oxygen atoms in total. The largest absolute Gasteiger partial charge is 0.396 e. The second-order valence-corrected chi connectivity index (χ2v) is 3.72. The zero-order valence-electron chi connectivity index (χ0n) is 8.64. The van der Waals surface area contributed by atoms with Gasteiger partial charge in [-0.15, -0.1) is 0 Å². The summed E-state index contributed by atoms with van der Waals surface area (Å²) in [5.41, 5.74) is 0. The predicted molar refractivity (Wildman–Crippen MR) is 53.2 cm³/mol. The van der Waals surface area contributed by atoms with Crippen LogP contribution in [-0.4, -0.2) is 24.3 Å². The predicted octanol–water partition coefficient (Wildman–Crippen LogP) is 1.78. The smallest absolute Gasteiger partial charge is 0.0434 e. The molecule has 12 heavy (non-hydrogen) atoms. The summed E-state index contributed by atoms with van der Waals surface area (Å²) >= 11 is 0. The van der Waals surface area contributed by atoms with Crippen LogP contribution in [0.4, 0.5) is 0 Å². The van der Waals surface area contributed by atoms with Gasteiger partial charge in [0, 0.05) is 12.6 Å². The molecule has 2 heteroatoms. The summed E-state index contributed by atoms with van der Waals surface area (Å²) in [5, 5.41) is 12.1. The highest BCUT2D eigenvalue weighted by Crippen LogP contribution is 2.00. The molecule has 74 valence electrons. The van der Waals surface area contributed by atoms with Crippen LogP contribution in [-0.2, 0) is 0 Å². The van der Waals surface area contributed by atoms with Crippen molar-refractivity contribution < 1.29 is 5.11 Å². The van der Waals surface area contributed by atoms with Crippen LogP contribution in [0.1, 0.15) is 40.0 Å². The van der Waals surface area contributed by atoms with Crippen molar-refractivity contribution in [3.63, 3.8) is 0 Å². The van der Waals surface area contributed by atoms with Gasteiger partial charge < -0.3 is 10.4 Å². The third kappa shape index (κ3) is 6.62. The van der Waals surface area contributed by atoms with Crippen molar-refractivity contribution >= 4 is 0 Å². The van der Waals surface area contributed by atoms with Gasteiger partial charge in [0.05, 0.1) is 0 Å². The van der Waals surface area contributed by atoms with Gasteiger partial charge in [-0.3, -0.25) is 0 Å². The third-order valence-electron chi connectivity index (χ3n) is 2.16. The summed E-state index contributed by atoms with van der Waals surface area (Å²) in [7, 11) is 0. The van der Waals surface area contributed by atoms with E-state index in [1.165, 1.54) is 12.8 Å². The average molecular weight is 173 g/mol. The van der Waals surface area contributed by atoms with Gasteiger partial charge in [0.1, 0.15) is 0 Å². The fourth-order valence-corrected chi connectivity index (χ4v) is 1.26. The number of rotatable bonds is 7. The van der Waals surface area contributed by atoms with Gasteiger partial charge in [0.15, 0.2) is 0 Å². The van der Waals surface area contributed by atoms with E-state index in [4.69, 9.17) is 5.11 Å². The third-order valence-corrected chi connectivity index (χ3v) is 2.16. The van der Waals surface area contributed by atoms with Gasteiger partial charge in [-0.25, -0.2) is 0 Å². The Morgan fingerprint density at radius 2 is 1.92 bits per heavy atom. The highest BCUT2D eigenvalue weighted by Gasteiger charge is 2.03. The number of aliphatic hydroxyl groups excluding tert-OH is 1. The van der Waals surface area contributed by atoms with Crippen molar-refractivity contribution in [3.05, 3.63) is 0 Å². The number of nitrogens with one attached hydrogen (secondary N) is 1. The van der Waals surface area contributed by atoms with E-state index in [1.807, 2.05) is 0 Å². The molecule has 0 aromatic rings. The van der Waals surface area contributed by atoms with Gasteiger partial charge >= 0.3 is 0 Å². The first-order valence-electron chi connectivity index (χ1n) is 5.05. The molecule has 0 aliphatic carbocycles. The Morgan fingerprint density at radius 1 is 1.25 bits per heavy atom. The molecule has 0 radical (unpaired) electrons. The Balaban J connectivity index is 3.27. The molecule has 0 amide bonds. The summed E-state index contributed by atoms with van der Waals surface area (Å²) < 4.78 is 0. The van der Waals surface area contributed by atoms with Crippen LogP contribution in [0, 0.1) is 5.92 Å². The summed E-state index contributed by atoms with van der Waals surface area (Å²) in [6.45, 7) is 7.93. The van der Waals surface area contributed by atoms with E-state index < -0.39 is 0 Å². The SMILES string of the molecule is CCCC(C)NCC(C)CCO. The summed E-state index contributed by atoms with van der Waals surface area (Å²) in [6.07, 6.45) is 3.39. The van der Waals surface area contributed by atoms with Gasteiger partial charge in [0.2, 0.25) is 0 Å². The van der Waals surface area contributed by atoms with E-state index in [1.54, 1.807) is 0 Å². The molecule has 0 fully saturated rings. The minimum Gasteiger partial charge on any atom is -0.396 e. The molecule has 0 heterocycles. The zero-order chi connectivity index (χ0) is 9.40. The van der Waals surface area contributed by atoms with E-state index in [0.29, 0.717) is 18.6 Å². The number of hydrogen-bond acceptors (Lipinski definition) is 2. The van der Waals surface area contributed by atoms with Crippen molar-refractivity contribution in [2.45, 2.75) is 46.1 Å². The first kappa shape index (κ1) is 11.9. The molecule has 0 saturated carbocycles. The molecule has 0 saturated heterocycles. The van der Waals surface area contributed by atoms with E-state index >= 15 is 0 Å². The van der Waals surface area contributed by atoms with Crippen LogP contribution in [0.5, 0.6) is 0 Å². The lowest BCUT2D eigenvalue weighted by Gasteiger charge is -2.16. The second-order valence-electron chi connectivity index (χ2n) is 3.72. The minimum atomic E-state index is 0.311. The average Bonchev–Trinajstić information content (AvgIpc) is 2.02. The molecule has 0 aromatic carbocycles. The highest BCUT2D eigenvalue weighted by atomic mass is 16.3. The standard InChI is InChI=1S/C10H23NO/c1-4-5-10(3)11-8-9(2)6-7-12/h9-12H,4-8H2,1-3H3. The monoisotopic (exact) mass is 173 g/mol. The Bertz CT molecular complexity index is 83.8. The quantitative estimate of drug-likeness (QED) is 0.615. The minimum absolute atomic E-state index is 0.311. The molecule has 2 N–H and O–H groups in total. The van der Waals surface area contributed by atoms with Crippen LogP contribution in [0.25, 0.3) is 0 Å². The summed E-state index contributed by atoms with van der Waals surface area (Å²) in [6, 6.07) is 0.621. The number of aliphatic hydroxyl groups is 1. The molecule has 2 atom stereocenters. The van der Waals surface area contributed by atoms with Crippen molar-refractivity contribution in [2.24, 2.45) is 5.92 Å². The molecule has 0 aliphatic rings.